The minimum atomic E-state index is -0.0314. The first-order valence-corrected chi connectivity index (χ1v) is 10.3. The van der Waals surface area contributed by atoms with E-state index in [-0.39, 0.29) is 5.91 Å². The van der Waals surface area contributed by atoms with Crippen molar-refractivity contribution in [2.75, 3.05) is 34.4 Å². The number of ether oxygens (including phenoxy) is 3. The van der Waals surface area contributed by atoms with Crippen LogP contribution in [0.3, 0.4) is 0 Å². The van der Waals surface area contributed by atoms with Crippen molar-refractivity contribution in [1.29, 1.82) is 0 Å². The van der Waals surface area contributed by atoms with Gasteiger partial charge in [0.1, 0.15) is 0 Å². The van der Waals surface area contributed by atoms with Crippen molar-refractivity contribution >= 4 is 28.4 Å². The Morgan fingerprint density at radius 2 is 1.67 bits per heavy atom. The monoisotopic (exact) mass is 428 g/mol. The quantitative estimate of drug-likeness (QED) is 0.629. The Balaban J connectivity index is 1.49. The molecular formula is C23H25ClN2O4. The number of benzene rings is 2. The first-order valence-electron chi connectivity index (χ1n) is 9.91. The number of halogens is 1. The number of aromatic amines is 1. The first-order chi connectivity index (χ1) is 14.5. The second kappa shape index (κ2) is 8.48. The van der Waals surface area contributed by atoms with Crippen LogP contribution in [0.2, 0.25) is 5.02 Å². The molecule has 1 amide bonds. The number of nitrogens with one attached hydrogen (secondary N) is 1. The number of rotatable bonds is 5. The molecule has 1 aromatic heterocycles. The highest BCUT2D eigenvalue weighted by Crippen LogP contribution is 2.39. The number of aromatic nitrogens is 1. The number of likely N-dealkylation sites (tertiary alicyclic amines) is 1. The molecule has 158 valence electrons. The van der Waals surface area contributed by atoms with E-state index in [2.05, 4.69) is 11.1 Å². The second-order valence-corrected chi connectivity index (χ2v) is 7.87. The smallest absolute Gasteiger partial charge is 0.254 e. The van der Waals surface area contributed by atoms with Gasteiger partial charge in [-0.25, -0.2) is 0 Å². The van der Waals surface area contributed by atoms with Crippen LogP contribution in [0.5, 0.6) is 17.2 Å². The van der Waals surface area contributed by atoms with Crippen LogP contribution in [-0.4, -0.2) is 50.2 Å². The lowest BCUT2D eigenvalue weighted by Crippen LogP contribution is -2.38. The number of hydrogen-bond donors (Lipinski definition) is 1. The minimum Gasteiger partial charge on any atom is -0.493 e. The van der Waals surface area contributed by atoms with E-state index < -0.39 is 0 Å². The molecule has 2 aromatic carbocycles. The summed E-state index contributed by atoms with van der Waals surface area (Å²) in [4.78, 5) is 18.5. The molecule has 2 heterocycles. The van der Waals surface area contributed by atoms with E-state index in [0.29, 0.717) is 41.8 Å². The zero-order valence-corrected chi connectivity index (χ0v) is 18.1. The predicted molar refractivity (Wildman–Crippen MR) is 117 cm³/mol. The topological polar surface area (TPSA) is 63.8 Å². The van der Waals surface area contributed by atoms with Gasteiger partial charge in [0.15, 0.2) is 11.5 Å². The molecule has 0 saturated carbocycles. The van der Waals surface area contributed by atoms with E-state index in [9.17, 15) is 4.79 Å². The van der Waals surface area contributed by atoms with Crippen molar-refractivity contribution in [2.45, 2.75) is 18.8 Å². The highest BCUT2D eigenvalue weighted by atomic mass is 35.5. The van der Waals surface area contributed by atoms with Crippen LogP contribution in [0.4, 0.5) is 0 Å². The number of nitrogens with zero attached hydrogens (tertiary/aromatic N) is 1. The third-order valence-electron chi connectivity index (χ3n) is 5.74. The van der Waals surface area contributed by atoms with Gasteiger partial charge in [-0.1, -0.05) is 11.6 Å². The molecular weight excluding hydrogens is 404 g/mol. The molecule has 0 spiro atoms. The Kier molecular flexibility index (Phi) is 5.77. The average Bonchev–Trinajstić information content (AvgIpc) is 3.20. The molecule has 4 rings (SSSR count). The number of fused-ring (bicyclic) bond motifs is 1. The number of carbonyl (C=O) groups excluding carboxylic acids is 1. The van der Waals surface area contributed by atoms with Gasteiger partial charge in [0.25, 0.3) is 5.91 Å². The van der Waals surface area contributed by atoms with Crippen molar-refractivity contribution in [3.8, 4) is 17.2 Å². The van der Waals surface area contributed by atoms with Crippen molar-refractivity contribution < 1.29 is 19.0 Å². The fourth-order valence-electron chi connectivity index (χ4n) is 4.13. The Morgan fingerprint density at radius 1 is 1.00 bits per heavy atom. The molecule has 7 heteroatoms. The summed E-state index contributed by atoms with van der Waals surface area (Å²) in [5.74, 6) is 1.80. The number of hydrogen-bond acceptors (Lipinski definition) is 4. The van der Waals surface area contributed by atoms with Gasteiger partial charge >= 0.3 is 0 Å². The van der Waals surface area contributed by atoms with Crippen molar-refractivity contribution in [2.24, 2.45) is 0 Å². The van der Waals surface area contributed by atoms with Crippen LogP contribution < -0.4 is 14.2 Å². The van der Waals surface area contributed by atoms with Crippen molar-refractivity contribution in [1.82, 2.24) is 9.88 Å². The average molecular weight is 429 g/mol. The molecule has 1 aliphatic heterocycles. The van der Waals surface area contributed by atoms with E-state index in [1.807, 2.05) is 23.1 Å². The van der Waals surface area contributed by atoms with Crippen LogP contribution in [0.1, 0.15) is 34.8 Å². The standard InChI is InChI=1S/C23H25ClN2O4/c1-28-20-12-16(13-21(29-2)22(20)30-3)23(27)26-8-6-14(7-9-26)19-11-15-10-17(24)4-5-18(15)25-19/h4-5,10-14,25H,6-9H2,1-3H3. The van der Waals surface area contributed by atoms with Gasteiger partial charge in [-0.2, -0.15) is 0 Å². The van der Waals surface area contributed by atoms with Gasteiger partial charge in [-0.15, -0.1) is 0 Å². The van der Waals surface area contributed by atoms with Gasteiger partial charge in [-0.05, 0) is 49.2 Å². The Morgan fingerprint density at radius 3 is 2.27 bits per heavy atom. The summed E-state index contributed by atoms with van der Waals surface area (Å²) in [6.07, 6.45) is 1.80. The lowest BCUT2D eigenvalue weighted by molar-refractivity contribution is 0.0711. The van der Waals surface area contributed by atoms with Crippen molar-refractivity contribution in [3.63, 3.8) is 0 Å². The third-order valence-corrected chi connectivity index (χ3v) is 5.97. The molecule has 0 aliphatic carbocycles. The normalized spacial score (nSPS) is 14.7. The first kappa shape index (κ1) is 20.4. The SMILES string of the molecule is COc1cc(C(=O)N2CCC(c3cc4cc(Cl)ccc4[nH]3)CC2)cc(OC)c1OC. The molecule has 1 fully saturated rings. The number of amides is 1. The number of piperidine rings is 1. The maximum atomic E-state index is 13.1. The molecule has 1 N–H and O–H groups in total. The largest absolute Gasteiger partial charge is 0.493 e. The molecule has 0 radical (unpaired) electrons. The Labute approximate surface area is 180 Å². The maximum Gasteiger partial charge on any atom is 0.254 e. The summed E-state index contributed by atoms with van der Waals surface area (Å²) in [6.45, 7) is 1.38. The van der Waals surface area contributed by atoms with Crippen LogP contribution in [0.15, 0.2) is 36.4 Å². The van der Waals surface area contributed by atoms with E-state index in [4.69, 9.17) is 25.8 Å². The lowest BCUT2D eigenvalue weighted by Gasteiger charge is -2.32. The van der Waals surface area contributed by atoms with Crippen LogP contribution >= 0.6 is 11.6 Å². The summed E-state index contributed by atoms with van der Waals surface area (Å²) in [5, 5.41) is 1.85. The number of H-pyrrole nitrogens is 1. The fraction of sp³-hybridized carbons (Fsp3) is 0.348. The second-order valence-electron chi connectivity index (χ2n) is 7.44. The van der Waals surface area contributed by atoms with Crippen LogP contribution in [0, 0.1) is 0 Å². The molecule has 6 nitrogen and oxygen atoms in total. The molecule has 0 unspecified atom stereocenters. The zero-order valence-electron chi connectivity index (χ0n) is 17.3. The molecule has 3 aromatic rings. The highest BCUT2D eigenvalue weighted by molar-refractivity contribution is 6.31. The summed E-state index contributed by atoms with van der Waals surface area (Å²) >= 11 is 6.10. The van der Waals surface area contributed by atoms with Gasteiger partial charge in [0.05, 0.1) is 21.3 Å². The van der Waals surface area contributed by atoms with Gasteiger partial charge in [0.2, 0.25) is 5.75 Å². The van der Waals surface area contributed by atoms with Gasteiger partial charge in [-0.3, -0.25) is 4.79 Å². The Hall–Kier alpha value is -2.86. The van der Waals surface area contributed by atoms with E-state index in [1.165, 1.54) is 5.69 Å². The van der Waals surface area contributed by atoms with E-state index in [0.717, 1.165) is 28.8 Å². The fourth-order valence-corrected chi connectivity index (χ4v) is 4.31. The molecule has 0 bridgehead atoms. The maximum absolute atomic E-state index is 13.1. The van der Waals surface area contributed by atoms with Crippen LogP contribution in [-0.2, 0) is 0 Å². The lowest BCUT2D eigenvalue weighted by atomic mass is 9.93. The summed E-state index contributed by atoms with van der Waals surface area (Å²) in [7, 11) is 4.64. The molecule has 1 aliphatic rings. The van der Waals surface area contributed by atoms with Gasteiger partial charge < -0.3 is 24.1 Å². The zero-order chi connectivity index (χ0) is 21.3. The summed E-state index contributed by atoms with van der Waals surface area (Å²) in [6, 6.07) is 11.4. The summed E-state index contributed by atoms with van der Waals surface area (Å²) < 4.78 is 16.1. The Bertz CT molecular complexity index is 1050. The van der Waals surface area contributed by atoms with Crippen LogP contribution in [0.25, 0.3) is 10.9 Å². The highest BCUT2D eigenvalue weighted by Gasteiger charge is 2.27. The third kappa shape index (κ3) is 3.79. The summed E-state index contributed by atoms with van der Waals surface area (Å²) in [5.41, 5.74) is 2.82. The number of carbonyl (C=O) groups is 1. The molecule has 0 atom stereocenters. The van der Waals surface area contributed by atoms with Gasteiger partial charge in [0, 0.05) is 46.2 Å². The van der Waals surface area contributed by atoms with E-state index in [1.54, 1.807) is 33.5 Å². The molecule has 30 heavy (non-hydrogen) atoms. The number of methoxy groups -OCH3 is 3. The minimum absolute atomic E-state index is 0.0314. The van der Waals surface area contributed by atoms with E-state index >= 15 is 0 Å². The molecule has 1 saturated heterocycles. The predicted octanol–water partition coefficient (Wildman–Crippen LogP) is 4.87. The van der Waals surface area contributed by atoms with Crippen molar-refractivity contribution in [3.05, 3.63) is 52.7 Å².